The molecular weight excluding hydrogens is 198 g/mol. The van der Waals surface area contributed by atoms with Gasteiger partial charge >= 0.3 is 0 Å². The number of hydrogen-bond donors (Lipinski definition) is 1. The minimum absolute atomic E-state index is 0.271. The summed E-state index contributed by atoms with van der Waals surface area (Å²) in [5.74, 6) is 0. The maximum Gasteiger partial charge on any atom is 0.0680 e. The number of allylic oxidation sites excluding steroid dienone is 1. The Labute approximate surface area is 98.5 Å². The predicted molar refractivity (Wildman–Crippen MR) is 68.4 cm³/mol. The summed E-state index contributed by atoms with van der Waals surface area (Å²) < 4.78 is 1.98. The van der Waals surface area contributed by atoms with Crippen molar-refractivity contribution in [3.63, 3.8) is 0 Å². The van der Waals surface area contributed by atoms with Crippen molar-refractivity contribution < 1.29 is 0 Å². The third kappa shape index (κ3) is 3.20. The number of aromatic nitrogens is 2. The van der Waals surface area contributed by atoms with Crippen LogP contribution < -0.4 is 5.32 Å². The van der Waals surface area contributed by atoms with E-state index in [2.05, 4.69) is 50.3 Å². The lowest BCUT2D eigenvalue weighted by Crippen LogP contribution is -2.21. The van der Waals surface area contributed by atoms with Crippen LogP contribution in [0.15, 0.2) is 17.7 Å². The minimum Gasteiger partial charge on any atom is -0.306 e. The number of likely N-dealkylation sites (N-methyl/N-ethyl adjacent to an activating group) is 1. The zero-order valence-corrected chi connectivity index (χ0v) is 11.0. The summed E-state index contributed by atoms with van der Waals surface area (Å²) in [5.41, 5.74) is 3.72. The van der Waals surface area contributed by atoms with Gasteiger partial charge in [-0.05, 0) is 32.9 Å². The number of rotatable bonds is 5. The van der Waals surface area contributed by atoms with E-state index in [4.69, 9.17) is 0 Å². The van der Waals surface area contributed by atoms with Crippen molar-refractivity contribution in [3.8, 4) is 0 Å². The first-order chi connectivity index (χ1) is 7.58. The molecule has 0 radical (unpaired) electrons. The van der Waals surface area contributed by atoms with Gasteiger partial charge < -0.3 is 5.32 Å². The van der Waals surface area contributed by atoms with Gasteiger partial charge in [0.15, 0.2) is 0 Å². The molecule has 0 aliphatic carbocycles. The zero-order chi connectivity index (χ0) is 12.1. The molecule has 0 aliphatic heterocycles. The van der Waals surface area contributed by atoms with Crippen LogP contribution in [0.5, 0.6) is 0 Å². The van der Waals surface area contributed by atoms with E-state index >= 15 is 0 Å². The normalized spacial score (nSPS) is 12.6. The van der Waals surface area contributed by atoms with Crippen molar-refractivity contribution in [3.05, 3.63) is 29.1 Å². The van der Waals surface area contributed by atoms with Crippen molar-refractivity contribution in [2.24, 2.45) is 7.05 Å². The lowest BCUT2D eigenvalue weighted by atomic mass is 10.1. The Morgan fingerprint density at radius 2 is 2.19 bits per heavy atom. The molecule has 0 amide bonds. The number of nitrogens with zero attached hydrogens (tertiary/aromatic N) is 2. The van der Waals surface area contributed by atoms with Crippen molar-refractivity contribution >= 4 is 0 Å². The van der Waals surface area contributed by atoms with E-state index in [1.807, 2.05) is 11.7 Å². The molecule has 1 atom stereocenters. The number of aryl methyl sites for hydroxylation is 2. The lowest BCUT2D eigenvalue weighted by molar-refractivity contribution is 0.582. The summed E-state index contributed by atoms with van der Waals surface area (Å²) in [6.45, 7) is 9.47. The SMILES string of the molecule is CCNC(C=C(C)C)c1cc(CC)nn1C. The average molecular weight is 221 g/mol. The lowest BCUT2D eigenvalue weighted by Gasteiger charge is -2.14. The second kappa shape index (κ2) is 5.85. The van der Waals surface area contributed by atoms with Crippen LogP contribution >= 0.6 is 0 Å². The Balaban J connectivity index is 3.00. The van der Waals surface area contributed by atoms with Gasteiger partial charge in [0.25, 0.3) is 0 Å². The maximum absolute atomic E-state index is 4.49. The molecule has 0 spiro atoms. The van der Waals surface area contributed by atoms with Gasteiger partial charge in [0.05, 0.1) is 17.4 Å². The predicted octanol–water partition coefficient (Wildman–Crippen LogP) is 2.60. The molecule has 1 rings (SSSR count). The highest BCUT2D eigenvalue weighted by Gasteiger charge is 2.12. The summed E-state index contributed by atoms with van der Waals surface area (Å²) >= 11 is 0. The van der Waals surface area contributed by atoms with E-state index in [0.29, 0.717) is 0 Å². The van der Waals surface area contributed by atoms with Gasteiger partial charge in [-0.1, -0.05) is 25.5 Å². The van der Waals surface area contributed by atoms with Crippen LogP contribution in [0.3, 0.4) is 0 Å². The Kier molecular flexibility index (Phi) is 4.74. The van der Waals surface area contributed by atoms with E-state index < -0.39 is 0 Å². The second-order valence-electron chi connectivity index (χ2n) is 4.32. The molecule has 0 aliphatic rings. The van der Waals surface area contributed by atoms with Crippen LogP contribution in [0.2, 0.25) is 0 Å². The highest BCUT2D eigenvalue weighted by atomic mass is 15.3. The largest absolute Gasteiger partial charge is 0.306 e. The summed E-state index contributed by atoms with van der Waals surface area (Å²) in [4.78, 5) is 0. The standard InChI is InChI=1S/C13H23N3/c1-6-11-9-13(16(5)15-11)12(14-7-2)8-10(3)4/h8-9,12,14H,6-7H2,1-5H3. The van der Waals surface area contributed by atoms with E-state index in [1.54, 1.807) is 0 Å². The van der Waals surface area contributed by atoms with Crippen molar-refractivity contribution in [2.75, 3.05) is 6.54 Å². The molecule has 3 heteroatoms. The van der Waals surface area contributed by atoms with E-state index in [-0.39, 0.29) is 6.04 Å². The van der Waals surface area contributed by atoms with Crippen molar-refractivity contribution in [1.29, 1.82) is 0 Å². The van der Waals surface area contributed by atoms with Gasteiger partial charge in [-0.2, -0.15) is 5.10 Å². The molecule has 90 valence electrons. The molecular formula is C13H23N3. The minimum atomic E-state index is 0.271. The average Bonchev–Trinajstić information content (AvgIpc) is 2.58. The van der Waals surface area contributed by atoms with Crippen LogP contribution in [0, 0.1) is 0 Å². The maximum atomic E-state index is 4.49. The first kappa shape index (κ1) is 13.0. The van der Waals surface area contributed by atoms with Gasteiger partial charge in [0.2, 0.25) is 0 Å². The smallest absolute Gasteiger partial charge is 0.0680 e. The molecule has 0 saturated heterocycles. The quantitative estimate of drug-likeness (QED) is 0.775. The fraction of sp³-hybridized carbons (Fsp3) is 0.615. The molecule has 1 N–H and O–H groups in total. The monoisotopic (exact) mass is 221 g/mol. The summed E-state index contributed by atoms with van der Waals surface area (Å²) in [7, 11) is 2.01. The molecule has 0 bridgehead atoms. The third-order valence-corrected chi connectivity index (χ3v) is 2.57. The van der Waals surface area contributed by atoms with Crippen molar-refractivity contribution in [2.45, 2.75) is 40.2 Å². The van der Waals surface area contributed by atoms with Crippen LogP contribution in [0.25, 0.3) is 0 Å². The van der Waals surface area contributed by atoms with Crippen molar-refractivity contribution in [1.82, 2.24) is 15.1 Å². The third-order valence-electron chi connectivity index (χ3n) is 2.57. The van der Waals surface area contributed by atoms with Gasteiger partial charge in [-0.3, -0.25) is 4.68 Å². The molecule has 1 heterocycles. The van der Waals surface area contributed by atoms with Gasteiger partial charge in [0.1, 0.15) is 0 Å². The molecule has 3 nitrogen and oxygen atoms in total. The highest BCUT2D eigenvalue weighted by molar-refractivity contribution is 5.20. The topological polar surface area (TPSA) is 29.9 Å². The number of hydrogen-bond acceptors (Lipinski definition) is 2. The van der Waals surface area contributed by atoms with E-state index in [1.165, 1.54) is 11.3 Å². The summed E-state index contributed by atoms with van der Waals surface area (Å²) in [6, 6.07) is 2.46. The van der Waals surface area contributed by atoms with Crippen LogP contribution in [0.4, 0.5) is 0 Å². The first-order valence-electron chi connectivity index (χ1n) is 5.99. The van der Waals surface area contributed by atoms with Crippen LogP contribution in [-0.4, -0.2) is 16.3 Å². The zero-order valence-electron chi connectivity index (χ0n) is 11.0. The number of nitrogens with one attached hydrogen (secondary N) is 1. The Morgan fingerprint density at radius 3 is 2.62 bits per heavy atom. The summed E-state index contributed by atoms with van der Waals surface area (Å²) in [6.07, 6.45) is 3.24. The molecule has 1 unspecified atom stereocenters. The molecule has 1 aromatic rings. The molecule has 1 aromatic heterocycles. The van der Waals surface area contributed by atoms with Crippen LogP contribution in [0.1, 0.15) is 45.1 Å². The highest BCUT2D eigenvalue weighted by Crippen LogP contribution is 2.17. The van der Waals surface area contributed by atoms with Gasteiger partial charge in [-0.15, -0.1) is 0 Å². The molecule has 16 heavy (non-hydrogen) atoms. The Morgan fingerprint density at radius 1 is 1.50 bits per heavy atom. The Hall–Kier alpha value is -1.09. The van der Waals surface area contributed by atoms with Crippen LogP contribution in [-0.2, 0) is 13.5 Å². The van der Waals surface area contributed by atoms with Gasteiger partial charge in [0, 0.05) is 7.05 Å². The second-order valence-corrected chi connectivity index (χ2v) is 4.32. The molecule has 0 fully saturated rings. The fourth-order valence-corrected chi connectivity index (χ4v) is 1.81. The van der Waals surface area contributed by atoms with E-state index in [0.717, 1.165) is 18.7 Å². The fourth-order valence-electron chi connectivity index (χ4n) is 1.81. The molecule has 0 saturated carbocycles. The summed E-state index contributed by atoms with van der Waals surface area (Å²) in [5, 5.41) is 7.96. The van der Waals surface area contributed by atoms with E-state index in [9.17, 15) is 0 Å². The first-order valence-corrected chi connectivity index (χ1v) is 5.99. The molecule has 0 aromatic carbocycles. The van der Waals surface area contributed by atoms with Gasteiger partial charge in [-0.25, -0.2) is 0 Å². The Bertz CT molecular complexity index is 359.